The third-order valence-electron chi connectivity index (χ3n) is 3.44. The predicted molar refractivity (Wildman–Crippen MR) is 87.1 cm³/mol. The number of nitrogens with one attached hydrogen (secondary N) is 1. The summed E-state index contributed by atoms with van der Waals surface area (Å²) in [6, 6.07) is 11.2. The van der Waals surface area contributed by atoms with Gasteiger partial charge < -0.3 is 15.2 Å². The molecule has 4 nitrogen and oxygen atoms in total. The fraction of sp³-hybridized carbons (Fsp3) is 0.278. The van der Waals surface area contributed by atoms with Gasteiger partial charge in [-0.1, -0.05) is 35.9 Å². The Morgan fingerprint density at radius 1 is 1.14 bits per heavy atom. The Bertz CT molecular complexity index is 657. The molecule has 0 saturated carbocycles. The Kier molecular flexibility index (Phi) is 5.17. The normalized spacial score (nSPS) is 10.4. The van der Waals surface area contributed by atoms with Gasteiger partial charge in [0.05, 0.1) is 6.61 Å². The van der Waals surface area contributed by atoms with Crippen LogP contribution in [0.25, 0.3) is 0 Å². The van der Waals surface area contributed by atoms with Gasteiger partial charge in [-0.05, 0) is 38.0 Å². The molecule has 0 heterocycles. The van der Waals surface area contributed by atoms with Gasteiger partial charge in [-0.2, -0.15) is 0 Å². The van der Waals surface area contributed by atoms with Crippen LogP contribution in [0.15, 0.2) is 36.4 Å². The summed E-state index contributed by atoms with van der Waals surface area (Å²) >= 11 is 0. The molecule has 0 bridgehead atoms. The second-order valence-electron chi connectivity index (χ2n) is 5.38. The molecule has 116 valence electrons. The highest BCUT2D eigenvalue weighted by atomic mass is 16.5. The van der Waals surface area contributed by atoms with Gasteiger partial charge in [0.15, 0.2) is 6.61 Å². The van der Waals surface area contributed by atoms with Crippen LogP contribution in [0, 0.1) is 20.8 Å². The molecule has 0 spiro atoms. The van der Waals surface area contributed by atoms with Gasteiger partial charge in [0, 0.05) is 11.3 Å². The van der Waals surface area contributed by atoms with Crippen LogP contribution in [0.1, 0.15) is 22.3 Å². The van der Waals surface area contributed by atoms with Crippen LogP contribution in [0.4, 0.5) is 5.69 Å². The second kappa shape index (κ2) is 7.09. The van der Waals surface area contributed by atoms with Crippen LogP contribution in [-0.4, -0.2) is 17.6 Å². The standard InChI is InChI=1S/C18H21NO3/c1-12-8-13(2)18(14(3)9-12)19-17(21)11-22-16-7-5-4-6-15(16)10-20/h4-9,20H,10-11H2,1-3H3,(H,19,21). The van der Waals surface area contributed by atoms with Crippen molar-refractivity contribution in [3.05, 3.63) is 58.7 Å². The summed E-state index contributed by atoms with van der Waals surface area (Å²) < 4.78 is 5.49. The summed E-state index contributed by atoms with van der Waals surface area (Å²) in [4.78, 5) is 12.1. The number of ether oxygens (including phenoxy) is 1. The van der Waals surface area contributed by atoms with Crippen LogP contribution in [0.5, 0.6) is 5.75 Å². The van der Waals surface area contributed by atoms with Crippen LogP contribution in [0.2, 0.25) is 0 Å². The monoisotopic (exact) mass is 299 g/mol. The van der Waals surface area contributed by atoms with E-state index in [-0.39, 0.29) is 19.1 Å². The number of hydrogen-bond donors (Lipinski definition) is 2. The van der Waals surface area contributed by atoms with Gasteiger partial charge in [-0.25, -0.2) is 0 Å². The van der Waals surface area contributed by atoms with E-state index in [9.17, 15) is 9.90 Å². The fourth-order valence-corrected chi connectivity index (χ4v) is 2.47. The smallest absolute Gasteiger partial charge is 0.262 e. The van der Waals surface area contributed by atoms with E-state index in [0.717, 1.165) is 16.8 Å². The third kappa shape index (κ3) is 3.86. The van der Waals surface area contributed by atoms with Crippen LogP contribution in [0.3, 0.4) is 0 Å². The van der Waals surface area contributed by atoms with Gasteiger partial charge in [-0.15, -0.1) is 0 Å². The molecule has 2 aromatic rings. The first kappa shape index (κ1) is 16.0. The van der Waals surface area contributed by atoms with E-state index in [1.807, 2.05) is 39.0 Å². The summed E-state index contributed by atoms with van der Waals surface area (Å²) in [5.41, 5.74) is 4.72. The molecule has 0 fully saturated rings. The van der Waals surface area contributed by atoms with Gasteiger partial charge in [0.25, 0.3) is 5.91 Å². The van der Waals surface area contributed by atoms with Crippen molar-refractivity contribution in [1.29, 1.82) is 0 Å². The van der Waals surface area contributed by atoms with Crippen LogP contribution < -0.4 is 10.1 Å². The number of carbonyl (C=O) groups excluding carboxylic acids is 1. The number of aliphatic hydroxyl groups is 1. The van der Waals surface area contributed by atoms with Crippen molar-refractivity contribution < 1.29 is 14.6 Å². The maximum atomic E-state index is 12.1. The average Bonchev–Trinajstić information content (AvgIpc) is 2.49. The maximum Gasteiger partial charge on any atom is 0.262 e. The van der Waals surface area contributed by atoms with Crippen LogP contribution in [-0.2, 0) is 11.4 Å². The molecule has 1 amide bonds. The first-order valence-electron chi connectivity index (χ1n) is 7.20. The van der Waals surface area contributed by atoms with Crippen molar-refractivity contribution in [3.8, 4) is 5.75 Å². The first-order valence-corrected chi connectivity index (χ1v) is 7.20. The molecule has 2 rings (SSSR count). The number of hydrogen-bond acceptors (Lipinski definition) is 3. The van der Waals surface area contributed by atoms with Crippen molar-refractivity contribution in [2.75, 3.05) is 11.9 Å². The quantitative estimate of drug-likeness (QED) is 0.892. The Morgan fingerprint density at radius 2 is 1.77 bits per heavy atom. The number of aryl methyl sites for hydroxylation is 3. The van der Waals surface area contributed by atoms with E-state index in [2.05, 4.69) is 5.32 Å². The predicted octanol–water partition coefficient (Wildman–Crippen LogP) is 3.12. The summed E-state index contributed by atoms with van der Waals surface area (Å²) in [6.45, 7) is 5.76. The summed E-state index contributed by atoms with van der Waals surface area (Å²) in [5.74, 6) is 0.306. The van der Waals surface area contributed by atoms with Crippen LogP contribution >= 0.6 is 0 Å². The first-order chi connectivity index (χ1) is 10.5. The zero-order chi connectivity index (χ0) is 16.1. The Balaban J connectivity index is 2.02. The highest BCUT2D eigenvalue weighted by Gasteiger charge is 2.10. The third-order valence-corrected chi connectivity index (χ3v) is 3.44. The molecule has 2 aromatic carbocycles. The molecule has 0 aliphatic carbocycles. The lowest BCUT2D eigenvalue weighted by molar-refractivity contribution is -0.118. The number of aliphatic hydroxyl groups excluding tert-OH is 1. The lowest BCUT2D eigenvalue weighted by atomic mass is 10.1. The number of amides is 1. The van der Waals surface area contributed by atoms with Gasteiger partial charge in [0.2, 0.25) is 0 Å². The number of carbonyl (C=O) groups is 1. The SMILES string of the molecule is Cc1cc(C)c(NC(=O)COc2ccccc2CO)c(C)c1. The Hall–Kier alpha value is -2.33. The lowest BCUT2D eigenvalue weighted by Gasteiger charge is -2.14. The number of para-hydroxylation sites is 1. The summed E-state index contributed by atoms with van der Waals surface area (Å²) in [6.07, 6.45) is 0. The number of rotatable bonds is 5. The minimum atomic E-state index is -0.220. The molecular formula is C18H21NO3. The number of benzene rings is 2. The summed E-state index contributed by atoms with van der Waals surface area (Å²) in [7, 11) is 0. The molecule has 4 heteroatoms. The molecular weight excluding hydrogens is 278 g/mol. The molecule has 0 aliphatic heterocycles. The van der Waals surface area contributed by atoms with Crippen molar-refractivity contribution in [3.63, 3.8) is 0 Å². The molecule has 0 radical (unpaired) electrons. The zero-order valence-electron chi connectivity index (χ0n) is 13.1. The second-order valence-corrected chi connectivity index (χ2v) is 5.38. The van der Waals surface area contributed by atoms with E-state index in [4.69, 9.17) is 4.74 Å². The van der Waals surface area contributed by atoms with Crippen molar-refractivity contribution >= 4 is 11.6 Å². The Labute approximate surface area is 130 Å². The summed E-state index contributed by atoms with van der Waals surface area (Å²) in [5, 5.41) is 12.1. The zero-order valence-corrected chi connectivity index (χ0v) is 13.1. The molecule has 2 N–H and O–H groups in total. The van der Waals surface area contributed by atoms with E-state index in [1.54, 1.807) is 18.2 Å². The van der Waals surface area contributed by atoms with Gasteiger partial charge >= 0.3 is 0 Å². The highest BCUT2D eigenvalue weighted by molar-refractivity contribution is 5.93. The molecule has 22 heavy (non-hydrogen) atoms. The lowest BCUT2D eigenvalue weighted by Crippen LogP contribution is -2.21. The largest absolute Gasteiger partial charge is 0.483 e. The fourth-order valence-electron chi connectivity index (χ4n) is 2.47. The molecule has 0 aromatic heterocycles. The van der Waals surface area contributed by atoms with Gasteiger partial charge in [0.1, 0.15) is 5.75 Å². The van der Waals surface area contributed by atoms with Crippen molar-refractivity contribution in [2.45, 2.75) is 27.4 Å². The topological polar surface area (TPSA) is 58.6 Å². The Morgan fingerprint density at radius 3 is 2.41 bits per heavy atom. The van der Waals surface area contributed by atoms with Gasteiger partial charge in [-0.3, -0.25) is 4.79 Å². The number of anilines is 1. The average molecular weight is 299 g/mol. The molecule has 0 atom stereocenters. The maximum absolute atomic E-state index is 12.1. The van der Waals surface area contributed by atoms with E-state index < -0.39 is 0 Å². The molecule has 0 aliphatic rings. The van der Waals surface area contributed by atoms with E-state index >= 15 is 0 Å². The van der Waals surface area contributed by atoms with E-state index in [1.165, 1.54) is 5.56 Å². The molecule has 0 saturated heterocycles. The van der Waals surface area contributed by atoms with Crippen molar-refractivity contribution in [2.24, 2.45) is 0 Å². The van der Waals surface area contributed by atoms with E-state index in [0.29, 0.717) is 11.3 Å². The minimum Gasteiger partial charge on any atom is -0.483 e. The molecule has 0 unspecified atom stereocenters. The highest BCUT2D eigenvalue weighted by Crippen LogP contribution is 2.22. The minimum absolute atomic E-state index is 0.0935. The van der Waals surface area contributed by atoms with Crippen molar-refractivity contribution in [1.82, 2.24) is 0 Å².